The summed E-state index contributed by atoms with van der Waals surface area (Å²) < 4.78 is 43.4. The Bertz CT molecular complexity index is 1050. The predicted molar refractivity (Wildman–Crippen MR) is 120 cm³/mol. The van der Waals surface area contributed by atoms with Gasteiger partial charge in [0.05, 0.1) is 31.3 Å². The highest BCUT2D eigenvalue weighted by molar-refractivity contribution is 7.89. The highest BCUT2D eigenvalue weighted by Gasteiger charge is 2.26. The Labute approximate surface area is 187 Å². The number of nitrogens with zero attached hydrogens (tertiary/aromatic N) is 1. The van der Waals surface area contributed by atoms with Crippen molar-refractivity contribution in [3.05, 3.63) is 42.5 Å². The fourth-order valence-electron chi connectivity index (χ4n) is 3.47. The molecule has 0 spiro atoms. The number of hydrogen-bond donors (Lipinski definition) is 2. The molecule has 1 amide bonds. The largest absolute Gasteiger partial charge is 0.490 e. The molecule has 4 rings (SSSR count). The minimum Gasteiger partial charge on any atom is -0.490 e. The summed E-state index contributed by atoms with van der Waals surface area (Å²) in [6, 6.07) is 11.1. The van der Waals surface area contributed by atoms with Gasteiger partial charge in [-0.25, -0.2) is 8.42 Å². The van der Waals surface area contributed by atoms with Gasteiger partial charge in [-0.15, -0.1) is 0 Å². The van der Waals surface area contributed by atoms with Gasteiger partial charge in [0.25, 0.3) is 0 Å². The van der Waals surface area contributed by atoms with E-state index in [1.807, 2.05) is 18.2 Å². The molecule has 1 fully saturated rings. The van der Waals surface area contributed by atoms with Crippen LogP contribution in [0.3, 0.4) is 0 Å². The summed E-state index contributed by atoms with van der Waals surface area (Å²) >= 11 is 0. The lowest BCUT2D eigenvalue weighted by atomic mass is 10.2. The van der Waals surface area contributed by atoms with Crippen molar-refractivity contribution in [1.29, 1.82) is 0 Å². The van der Waals surface area contributed by atoms with Gasteiger partial charge in [-0.1, -0.05) is 0 Å². The van der Waals surface area contributed by atoms with Crippen LogP contribution in [0.5, 0.6) is 11.5 Å². The summed E-state index contributed by atoms with van der Waals surface area (Å²) in [5.41, 5.74) is 1.26. The molecule has 32 heavy (non-hydrogen) atoms. The zero-order chi connectivity index (χ0) is 22.6. The van der Waals surface area contributed by atoms with Crippen LogP contribution in [-0.4, -0.2) is 64.2 Å². The van der Waals surface area contributed by atoms with Gasteiger partial charge in [-0.3, -0.25) is 4.79 Å². The van der Waals surface area contributed by atoms with E-state index in [0.717, 1.165) is 12.1 Å². The molecule has 10 heteroatoms. The average Bonchev–Trinajstić information content (AvgIpc) is 3.05. The first-order valence-electron chi connectivity index (χ1n) is 10.6. The molecule has 0 saturated carbocycles. The van der Waals surface area contributed by atoms with Crippen molar-refractivity contribution < 1.29 is 27.4 Å². The maximum absolute atomic E-state index is 12.7. The number of rotatable bonds is 6. The number of benzene rings is 2. The van der Waals surface area contributed by atoms with Crippen LogP contribution in [0.2, 0.25) is 0 Å². The molecule has 1 unspecified atom stereocenters. The highest BCUT2D eigenvalue weighted by Crippen LogP contribution is 2.32. The first kappa shape index (κ1) is 22.4. The number of ether oxygens (including phenoxy) is 3. The van der Waals surface area contributed by atoms with E-state index in [9.17, 15) is 13.2 Å². The van der Waals surface area contributed by atoms with Crippen LogP contribution in [0.25, 0.3) is 0 Å². The first-order chi connectivity index (χ1) is 15.4. The van der Waals surface area contributed by atoms with Gasteiger partial charge >= 0.3 is 0 Å². The van der Waals surface area contributed by atoms with Crippen LogP contribution in [0.4, 0.5) is 11.4 Å². The SMILES string of the molecule is CC(Nc1ccc2c(c1)OCCCO2)C(=O)Nc1ccc(S(=O)(=O)N2CCOCC2)cc1. The molecule has 2 aliphatic rings. The summed E-state index contributed by atoms with van der Waals surface area (Å²) in [4.78, 5) is 12.8. The van der Waals surface area contributed by atoms with E-state index in [2.05, 4.69) is 10.6 Å². The molecule has 1 atom stereocenters. The maximum atomic E-state index is 12.7. The molecule has 2 N–H and O–H groups in total. The Morgan fingerprint density at radius 3 is 2.31 bits per heavy atom. The smallest absolute Gasteiger partial charge is 0.246 e. The maximum Gasteiger partial charge on any atom is 0.246 e. The van der Waals surface area contributed by atoms with Crippen molar-refractivity contribution in [2.75, 3.05) is 50.2 Å². The molecule has 2 heterocycles. The summed E-state index contributed by atoms with van der Waals surface area (Å²) in [6.07, 6.45) is 0.822. The fraction of sp³-hybridized carbons (Fsp3) is 0.409. The number of anilines is 2. The van der Waals surface area contributed by atoms with Crippen LogP contribution < -0.4 is 20.1 Å². The molecular formula is C22H27N3O6S. The van der Waals surface area contributed by atoms with Crippen LogP contribution in [0, 0.1) is 0 Å². The molecule has 0 bridgehead atoms. The Morgan fingerprint density at radius 1 is 0.938 bits per heavy atom. The molecule has 9 nitrogen and oxygen atoms in total. The minimum absolute atomic E-state index is 0.191. The molecule has 172 valence electrons. The van der Waals surface area contributed by atoms with Gasteiger partial charge in [0.15, 0.2) is 11.5 Å². The van der Waals surface area contributed by atoms with Gasteiger partial charge < -0.3 is 24.8 Å². The molecule has 1 saturated heterocycles. The molecular weight excluding hydrogens is 434 g/mol. The number of sulfonamides is 1. The van der Waals surface area contributed by atoms with Crippen molar-refractivity contribution >= 4 is 27.3 Å². The Hall–Kier alpha value is -2.82. The minimum atomic E-state index is -3.57. The van der Waals surface area contributed by atoms with Gasteiger partial charge in [0, 0.05) is 37.0 Å². The number of carbonyl (C=O) groups is 1. The second-order valence-corrected chi connectivity index (χ2v) is 9.55. The van der Waals surface area contributed by atoms with Crippen LogP contribution in [0.15, 0.2) is 47.4 Å². The van der Waals surface area contributed by atoms with Gasteiger partial charge in [0.1, 0.15) is 6.04 Å². The quantitative estimate of drug-likeness (QED) is 0.680. The van der Waals surface area contributed by atoms with Crippen LogP contribution >= 0.6 is 0 Å². The van der Waals surface area contributed by atoms with E-state index in [4.69, 9.17) is 14.2 Å². The average molecular weight is 462 g/mol. The number of nitrogens with one attached hydrogen (secondary N) is 2. The number of amides is 1. The molecule has 0 aromatic heterocycles. The van der Waals surface area contributed by atoms with Crippen molar-refractivity contribution in [3.8, 4) is 11.5 Å². The summed E-state index contributed by atoms with van der Waals surface area (Å²) in [5, 5.41) is 5.96. The van der Waals surface area contributed by atoms with Crippen molar-refractivity contribution in [2.24, 2.45) is 0 Å². The van der Waals surface area contributed by atoms with Crippen LogP contribution in [-0.2, 0) is 19.6 Å². The zero-order valence-corrected chi connectivity index (χ0v) is 18.7. The second-order valence-electron chi connectivity index (χ2n) is 7.61. The number of carbonyl (C=O) groups excluding carboxylic acids is 1. The summed E-state index contributed by atoms with van der Waals surface area (Å²) in [6.45, 7) is 4.40. The van der Waals surface area contributed by atoms with Crippen molar-refractivity contribution in [2.45, 2.75) is 24.3 Å². The monoisotopic (exact) mass is 461 g/mol. The summed E-state index contributed by atoms with van der Waals surface area (Å²) in [7, 11) is -3.57. The molecule has 0 radical (unpaired) electrons. The Kier molecular flexibility index (Phi) is 6.83. The molecule has 2 aliphatic heterocycles. The van der Waals surface area contributed by atoms with Crippen LogP contribution in [0.1, 0.15) is 13.3 Å². The second kappa shape index (κ2) is 9.76. The van der Waals surface area contributed by atoms with E-state index in [-0.39, 0.29) is 10.8 Å². The number of morpholine rings is 1. The third kappa shape index (κ3) is 5.14. The predicted octanol–water partition coefficient (Wildman–Crippen LogP) is 2.31. The van der Waals surface area contributed by atoms with Crippen molar-refractivity contribution in [1.82, 2.24) is 4.31 Å². The molecule has 0 aliphatic carbocycles. The lowest BCUT2D eigenvalue weighted by Gasteiger charge is -2.26. The van der Waals surface area contributed by atoms with E-state index in [0.29, 0.717) is 56.7 Å². The fourth-order valence-corrected chi connectivity index (χ4v) is 4.87. The number of fused-ring (bicyclic) bond motifs is 1. The highest BCUT2D eigenvalue weighted by atomic mass is 32.2. The standard InChI is InChI=1S/C22H27N3O6S/c1-16(23-18-5-8-20-21(15-18)31-12-2-11-30-20)22(26)24-17-3-6-19(7-4-17)32(27,28)25-9-13-29-14-10-25/h3-8,15-16,23H,2,9-14H2,1H3,(H,24,26). The zero-order valence-electron chi connectivity index (χ0n) is 17.9. The number of hydrogen-bond acceptors (Lipinski definition) is 7. The normalized spacial score (nSPS) is 17.8. The van der Waals surface area contributed by atoms with E-state index < -0.39 is 16.1 Å². The Morgan fingerprint density at radius 2 is 1.59 bits per heavy atom. The van der Waals surface area contributed by atoms with Gasteiger partial charge in [-0.05, 0) is 43.3 Å². The van der Waals surface area contributed by atoms with Gasteiger partial charge in [-0.2, -0.15) is 4.31 Å². The third-order valence-corrected chi connectivity index (χ3v) is 7.17. The third-order valence-electron chi connectivity index (χ3n) is 5.25. The van der Waals surface area contributed by atoms with E-state index >= 15 is 0 Å². The lowest BCUT2D eigenvalue weighted by molar-refractivity contribution is -0.116. The van der Waals surface area contributed by atoms with Gasteiger partial charge in [0.2, 0.25) is 15.9 Å². The lowest BCUT2D eigenvalue weighted by Crippen LogP contribution is -2.40. The van der Waals surface area contributed by atoms with E-state index in [1.54, 1.807) is 19.1 Å². The first-order valence-corrected chi connectivity index (χ1v) is 12.0. The molecule has 2 aromatic rings. The Balaban J connectivity index is 1.37. The van der Waals surface area contributed by atoms with Crippen molar-refractivity contribution in [3.63, 3.8) is 0 Å². The molecule has 2 aromatic carbocycles. The topological polar surface area (TPSA) is 106 Å². The summed E-state index contributed by atoms with van der Waals surface area (Å²) in [5.74, 6) is 1.09. The van der Waals surface area contributed by atoms with E-state index in [1.165, 1.54) is 16.4 Å².